The number of thioether (sulfide) groups is 1. The van der Waals surface area contributed by atoms with E-state index in [1.165, 1.54) is 0 Å². The predicted molar refractivity (Wildman–Crippen MR) is 72.7 cm³/mol. The van der Waals surface area contributed by atoms with Crippen LogP contribution in [0.25, 0.3) is 0 Å². The fourth-order valence-corrected chi connectivity index (χ4v) is 1.47. The molecule has 0 unspecified atom stereocenters. The minimum Gasteiger partial charge on any atom is -0.355 e. The molecule has 0 radical (unpaired) electrons. The van der Waals surface area contributed by atoms with Crippen molar-refractivity contribution < 1.29 is 4.79 Å². The summed E-state index contributed by atoms with van der Waals surface area (Å²) in [5.41, 5.74) is 5.40. The van der Waals surface area contributed by atoms with Crippen molar-refractivity contribution in [3.8, 4) is 0 Å². The summed E-state index contributed by atoms with van der Waals surface area (Å²) in [7, 11) is 0. The van der Waals surface area contributed by atoms with Crippen LogP contribution < -0.4 is 11.1 Å². The van der Waals surface area contributed by atoms with E-state index in [-0.39, 0.29) is 10.7 Å². The zero-order chi connectivity index (χ0) is 12.4. The number of carbonyl (C=O) groups excluding carboxylic acids is 1. The third-order valence-corrected chi connectivity index (χ3v) is 3.87. The summed E-state index contributed by atoms with van der Waals surface area (Å²) in [6, 6.07) is 0. The monoisotopic (exact) mass is 246 g/mol. The highest BCUT2D eigenvalue weighted by Crippen LogP contribution is 2.19. The molecule has 3 N–H and O–H groups in total. The second-order valence-electron chi connectivity index (χ2n) is 4.69. The molecular weight excluding hydrogens is 220 g/mol. The van der Waals surface area contributed by atoms with Gasteiger partial charge in [0.25, 0.3) is 0 Å². The van der Waals surface area contributed by atoms with Gasteiger partial charge in [-0.05, 0) is 39.5 Å². The average molecular weight is 246 g/mol. The van der Waals surface area contributed by atoms with E-state index in [0.717, 1.165) is 38.8 Å². The van der Waals surface area contributed by atoms with Gasteiger partial charge in [-0.15, -0.1) is 0 Å². The van der Waals surface area contributed by atoms with Crippen molar-refractivity contribution in [2.75, 3.05) is 19.3 Å². The molecule has 0 rings (SSSR count). The molecule has 0 spiro atoms. The van der Waals surface area contributed by atoms with E-state index in [1.807, 2.05) is 0 Å². The molecule has 0 fully saturated rings. The van der Waals surface area contributed by atoms with Gasteiger partial charge in [0.05, 0.1) is 0 Å². The number of amides is 1. The predicted octanol–water partition coefficient (Wildman–Crippen LogP) is 2.15. The number of hydrogen-bond donors (Lipinski definition) is 2. The van der Waals surface area contributed by atoms with Crippen molar-refractivity contribution in [2.45, 2.75) is 50.7 Å². The molecule has 0 aromatic carbocycles. The third kappa shape index (κ3) is 9.04. The first-order valence-corrected chi connectivity index (χ1v) is 7.26. The lowest BCUT2D eigenvalue weighted by molar-refractivity contribution is -0.121. The molecule has 0 aromatic rings. The summed E-state index contributed by atoms with van der Waals surface area (Å²) in [6.07, 6.45) is 7.01. The van der Waals surface area contributed by atoms with Crippen LogP contribution in [0, 0.1) is 0 Å². The van der Waals surface area contributed by atoms with E-state index in [4.69, 9.17) is 5.73 Å². The largest absolute Gasteiger partial charge is 0.355 e. The summed E-state index contributed by atoms with van der Waals surface area (Å²) < 4.78 is 0.134. The molecule has 0 aromatic heterocycles. The fourth-order valence-electron chi connectivity index (χ4n) is 1.26. The molecule has 0 aliphatic carbocycles. The molecule has 3 nitrogen and oxygen atoms in total. The van der Waals surface area contributed by atoms with E-state index in [0.29, 0.717) is 6.42 Å². The number of unbranched alkanes of at least 4 members (excludes halogenated alkanes) is 3. The molecule has 0 saturated heterocycles. The number of nitrogens with one attached hydrogen (secondary N) is 1. The molecule has 0 atom stereocenters. The van der Waals surface area contributed by atoms with Crippen LogP contribution in [0.4, 0.5) is 0 Å². The van der Waals surface area contributed by atoms with E-state index < -0.39 is 0 Å². The van der Waals surface area contributed by atoms with Gasteiger partial charge >= 0.3 is 0 Å². The Morgan fingerprint density at radius 3 is 2.44 bits per heavy atom. The standard InChI is InChI=1S/C12H26N2OS/c1-12(2,16-3)10-14-11(15)8-6-4-5-7-9-13/h4-10,13H2,1-3H3,(H,14,15). The van der Waals surface area contributed by atoms with Gasteiger partial charge in [0, 0.05) is 17.7 Å². The average Bonchev–Trinajstić information content (AvgIpc) is 2.26. The Kier molecular flexibility index (Phi) is 8.76. The first-order valence-electron chi connectivity index (χ1n) is 6.04. The highest BCUT2D eigenvalue weighted by Gasteiger charge is 2.16. The topological polar surface area (TPSA) is 55.1 Å². The zero-order valence-electron chi connectivity index (χ0n) is 10.8. The molecule has 0 saturated carbocycles. The van der Waals surface area contributed by atoms with Crippen LogP contribution >= 0.6 is 11.8 Å². The molecule has 0 aliphatic rings. The van der Waals surface area contributed by atoms with Gasteiger partial charge < -0.3 is 11.1 Å². The molecule has 96 valence electrons. The lowest BCUT2D eigenvalue weighted by Crippen LogP contribution is -2.35. The van der Waals surface area contributed by atoms with Gasteiger partial charge in [0.1, 0.15) is 0 Å². The maximum atomic E-state index is 11.5. The Morgan fingerprint density at radius 2 is 1.88 bits per heavy atom. The Bertz CT molecular complexity index is 195. The Hall–Kier alpha value is -0.220. The van der Waals surface area contributed by atoms with Crippen molar-refractivity contribution in [2.24, 2.45) is 5.73 Å². The van der Waals surface area contributed by atoms with Gasteiger partial charge in [0.2, 0.25) is 5.91 Å². The highest BCUT2D eigenvalue weighted by molar-refractivity contribution is 7.99. The van der Waals surface area contributed by atoms with Crippen molar-refractivity contribution in [1.29, 1.82) is 0 Å². The van der Waals surface area contributed by atoms with Gasteiger partial charge in [-0.3, -0.25) is 4.79 Å². The maximum absolute atomic E-state index is 11.5. The van der Waals surface area contributed by atoms with Gasteiger partial charge in [-0.1, -0.05) is 12.8 Å². The third-order valence-electron chi connectivity index (χ3n) is 2.62. The van der Waals surface area contributed by atoms with Crippen LogP contribution in [0.3, 0.4) is 0 Å². The number of rotatable bonds is 9. The minimum atomic E-state index is 0.134. The van der Waals surface area contributed by atoms with E-state index in [9.17, 15) is 4.79 Å². The molecule has 0 aliphatic heterocycles. The van der Waals surface area contributed by atoms with Crippen LogP contribution in [-0.4, -0.2) is 30.0 Å². The van der Waals surface area contributed by atoms with Crippen LogP contribution in [0.15, 0.2) is 0 Å². The highest BCUT2D eigenvalue weighted by atomic mass is 32.2. The number of carbonyl (C=O) groups is 1. The molecule has 1 amide bonds. The second-order valence-corrected chi connectivity index (χ2v) is 6.21. The van der Waals surface area contributed by atoms with Gasteiger partial charge in [-0.25, -0.2) is 0 Å². The number of nitrogens with two attached hydrogens (primary N) is 1. The quantitative estimate of drug-likeness (QED) is 0.613. The second kappa shape index (κ2) is 8.88. The minimum absolute atomic E-state index is 0.134. The van der Waals surface area contributed by atoms with Crippen LogP contribution in [-0.2, 0) is 4.79 Å². The summed E-state index contributed by atoms with van der Waals surface area (Å²) in [6.45, 7) is 5.78. The van der Waals surface area contributed by atoms with Crippen molar-refractivity contribution in [1.82, 2.24) is 5.32 Å². The lowest BCUT2D eigenvalue weighted by Gasteiger charge is -2.22. The first kappa shape index (κ1) is 15.8. The Morgan fingerprint density at radius 1 is 1.25 bits per heavy atom. The van der Waals surface area contributed by atoms with Gasteiger partial charge in [0.15, 0.2) is 0 Å². The van der Waals surface area contributed by atoms with Gasteiger partial charge in [-0.2, -0.15) is 11.8 Å². The number of hydrogen-bond acceptors (Lipinski definition) is 3. The lowest BCUT2D eigenvalue weighted by atomic mass is 10.1. The summed E-state index contributed by atoms with van der Waals surface area (Å²) >= 11 is 1.78. The Balaban J connectivity index is 3.45. The van der Waals surface area contributed by atoms with E-state index >= 15 is 0 Å². The SMILES string of the molecule is CSC(C)(C)CNC(=O)CCCCCCN. The van der Waals surface area contributed by atoms with Crippen molar-refractivity contribution in [3.05, 3.63) is 0 Å². The molecular formula is C12H26N2OS. The zero-order valence-corrected chi connectivity index (χ0v) is 11.7. The summed E-state index contributed by atoms with van der Waals surface area (Å²) in [5.74, 6) is 0.176. The fraction of sp³-hybridized carbons (Fsp3) is 0.917. The summed E-state index contributed by atoms with van der Waals surface area (Å²) in [4.78, 5) is 11.5. The van der Waals surface area contributed by atoms with Crippen LogP contribution in [0.5, 0.6) is 0 Å². The van der Waals surface area contributed by atoms with E-state index in [2.05, 4.69) is 25.4 Å². The van der Waals surface area contributed by atoms with E-state index in [1.54, 1.807) is 11.8 Å². The van der Waals surface area contributed by atoms with Crippen LogP contribution in [0.1, 0.15) is 46.0 Å². The molecule has 16 heavy (non-hydrogen) atoms. The Labute approximate surface area is 104 Å². The molecule has 4 heteroatoms. The van der Waals surface area contributed by atoms with Crippen molar-refractivity contribution in [3.63, 3.8) is 0 Å². The van der Waals surface area contributed by atoms with Crippen molar-refractivity contribution >= 4 is 17.7 Å². The van der Waals surface area contributed by atoms with Crippen LogP contribution in [0.2, 0.25) is 0 Å². The first-order chi connectivity index (χ1) is 7.52. The summed E-state index contributed by atoms with van der Waals surface area (Å²) in [5, 5.41) is 2.98. The molecule has 0 heterocycles. The normalized spacial score (nSPS) is 11.5. The molecule has 0 bridgehead atoms. The maximum Gasteiger partial charge on any atom is 0.220 e. The smallest absolute Gasteiger partial charge is 0.220 e.